The van der Waals surface area contributed by atoms with Crippen LogP contribution in [0.1, 0.15) is 6.92 Å². The van der Waals surface area contributed by atoms with Crippen molar-refractivity contribution in [3.05, 3.63) is 41.7 Å². The smallest absolute Gasteiger partial charge is 0.231 e. The number of carbonyl (C=O) groups excluding carboxylic acids is 1. The molecule has 0 unspecified atom stereocenters. The van der Waals surface area contributed by atoms with Crippen molar-refractivity contribution in [1.29, 1.82) is 0 Å². The summed E-state index contributed by atoms with van der Waals surface area (Å²) < 4.78 is 5.60. The topological polar surface area (TPSA) is 134 Å². The lowest BCUT2D eigenvalue weighted by atomic mass is 10.2. The first kappa shape index (κ1) is 22.3. The number of aromatic nitrogens is 4. The zero-order valence-corrected chi connectivity index (χ0v) is 19.0. The van der Waals surface area contributed by atoms with E-state index in [1.807, 2.05) is 23.1 Å². The lowest BCUT2D eigenvalue weighted by Crippen LogP contribution is -2.48. The monoisotopic (exact) mass is 469 g/mol. The Hall–Kier alpha value is -3.86. The molecule has 3 aromatic rings. The average molecular weight is 470 g/mol. The number of hydrogen-bond donors (Lipinski definition) is 3. The van der Waals surface area contributed by atoms with E-state index in [-0.39, 0.29) is 17.8 Å². The van der Waals surface area contributed by atoms with Crippen LogP contribution in [-0.2, 0) is 4.79 Å². The Morgan fingerprint density at radius 3 is 2.55 bits per heavy atom. The van der Waals surface area contributed by atoms with Gasteiger partial charge in [0.1, 0.15) is 16.6 Å². The maximum atomic E-state index is 11.6. The minimum atomic E-state index is 0.102. The first-order chi connectivity index (χ1) is 15.9. The molecule has 3 heterocycles. The van der Waals surface area contributed by atoms with E-state index in [0.29, 0.717) is 41.2 Å². The third-order valence-electron chi connectivity index (χ3n) is 5.17. The molecule has 1 saturated heterocycles. The SMILES string of the molecule is COc1cc(N2CCN(C(C)=O)CC2)ccc1Nc1nc(Nc2nccc(N)n2)ncc1Cl. The van der Waals surface area contributed by atoms with Crippen LogP contribution >= 0.6 is 11.6 Å². The van der Waals surface area contributed by atoms with Crippen LogP contribution in [-0.4, -0.2) is 64.0 Å². The quantitative estimate of drug-likeness (QED) is 0.494. The molecule has 2 aromatic heterocycles. The molecule has 1 fully saturated rings. The summed E-state index contributed by atoms with van der Waals surface area (Å²) in [7, 11) is 1.60. The Morgan fingerprint density at radius 2 is 1.85 bits per heavy atom. The standard InChI is InChI=1S/C21H24ClN9O2/c1-13(32)30-7-9-31(10-8-30)14-3-4-16(17(11-14)33-2)26-19-15(22)12-25-21(28-19)29-20-24-6-5-18(23)27-20/h3-6,11-12H,7-10H2,1-2H3,(H4,23,24,25,26,27,28,29). The summed E-state index contributed by atoms with van der Waals surface area (Å²) in [5.41, 5.74) is 7.39. The molecule has 0 atom stereocenters. The first-order valence-electron chi connectivity index (χ1n) is 10.3. The van der Waals surface area contributed by atoms with Crippen LogP contribution in [0.5, 0.6) is 5.75 Å². The van der Waals surface area contributed by atoms with E-state index in [0.717, 1.165) is 18.8 Å². The molecule has 11 nitrogen and oxygen atoms in total. The van der Waals surface area contributed by atoms with E-state index in [2.05, 4.69) is 35.5 Å². The van der Waals surface area contributed by atoms with Crippen molar-refractivity contribution in [2.45, 2.75) is 6.92 Å². The molecule has 4 N–H and O–H groups in total. The fourth-order valence-electron chi connectivity index (χ4n) is 3.43. The fourth-order valence-corrected chi connectivity index (χ4v) is 3.57. The molecule has 33 heavy (non-hydrogen) atoms. The van der Waals surface area contributed by atoms with Crippen LogP contribution in [0.15, 0.2) is 36.7 Å². The summed E-state index contributed by atoms with van der Waals surface area (Å²) in [6.45, 7) is 4.50. The Bertz CT molecular complexity index is 1150. The Kier molecular flexibility index (Phi) is 6.59. The summed E-state index contributed by atoms with van der Waals surface area (Å²) >= 11 is 6.31. The van der Waals surface area contributed by atoms with Crippen molar-refractivity contribution in [2.24, 2.45) is 0 Å². The lowest BCUT2D eigenvalue weighted by molar-refractivity contribution is -0.129. The van der Waals surface area contributed by atoms with Crippen LogP contribution in [0.2, 0.25) is 5.02 Å². The number of benzene rings is 1. The molecule has 1 aliphatic rings. The van der Waals surface area contributed by atoms with Gasteiger partial charge in [-0.05, 0) is 18.2 Å². The van der Waals surface area contributed by atoms with Gasteiger partial charge in [0.15, 0.2) is 5.82 Å². The summed E-state index contributed by atoms with van der Waals surface area (Å²) in [5.74, 6) is 1.97. The molecule has 12 heteroatoms. The van der Waals surface area contributed by atoms with Crippen molar-refractivity contribution >= 4 is 52.4 Å². The molecule has 0 saturated carbocycles. The number of rotatable bonds is 6. The number of nitrogens with two attached hydrogens (primary N) is 1. The first-order valence-corrected chi connectivity index (χ1v) is 10.6. The van der Waals surface area contributed by atoms with Crippen LogP contribution in [0.4, 0.5) is 34.9 Å². The second-order valence-corrected chi connectivity index (χ2v) is 7.73. The molecule has 1 amide bonds. The minimum Gasteiger partial charge on any atom is -0.494 e. The third kappa shape index (κ3) is 5.32. The number of ether oxygens (including phenoxy) is 1. The predicted octanol–water partition coefficient (Wildman–Crippen LogP) is 2.67. The van der Waals surface area contributed by atoms with Gasteiger partial charge in [-0.2, -0.15) is 9.97 Å². The van der Waals surface area contributed by atoms with Gasteiger partial charge in [0.05, 0.1) is 19.0 Å². The van der Waals surface area contributed by atoms with Gasteiger partial charge in [0, 0.05) is 51.1 Å². The van der Waals surface area contributed by atoms with Gasteiger partial charge in [-0.25, -0.2) is 9.97 Å². The maximum Gasteiger partial charge on any atom is 0.231 e. The highest BCUT2D eigenvalue weighted by Crippen LogP contribution is 2.34. The van der Waals surface area contributed by atoms with Gasteiger partial charge in [-0.15, -0.1) is 0 Å². The van der Waals surface area contributed by atoms with Crippen molar-refractivity contribution in [1.82, 2.24) is 24.8 Å². The van der Waals surface area contributed by atoms with E-state index >= 15 is 0 Å². The number of nitrogens with one attached hydrogen (secondary N) is 2. The molecule has 0 aliphatic carbocycles. The molecular weight excluding hydrogens is 446 g/mol. The van der Waals surface area contributed by atoms with Crippen molar-refractivity contribution in [3.63, 3.8) is 0 Å². The van der Waals surface area contributed by atoms with E-state index in [4.69, 9.17) is 22.1 Å². The van der Waals surface area contributed by atoms with Crippen LogP contribution in [0, 0.1) is 0 Å². The molecule has 0 radical (unpaired) electrons. The number of amides is 1. The number of halogens is 1. The molecule has 172 valence electrons. The highest BCUT2D eigenvalue weighted by Gasteiger charge is 2.20. The highest BCUT2D eigenvalue weighted by molar-refractivity contribution is 6.32. The van der Waals surface area contributed by atoms with Gasteiger partial charge in [-0.3, -0.25) is 10.1 Å². The fraction of sp³-hybridized carbons (Fsp3) is 0.286. The van der Waals surface area contributed by atoms with Crippen LogP contribution in [0.25, 0.3) is 0 Å². The molecular formula is C21H24ClN9O2. The zero-order chi connectivity index (χ0) is 23.4. The number of anilines is 6. The summed E-state index contributed by atoms with van der Waals surface area (Å²) in [6.07, 6.45) is 3.01. The predicted molar refractivity (Wildman–Crippen MR) is 128 cm³/mol. The summed E-state index contributed by atoms with van der Waals surface area (Å²) in [4.78, 5) is 32.4. The Morgan fingerprint density at radius 1 is 1.09 bits per heavy atom. The van der Waals surface area contributed by atoms with Crippen molar-refractivity contribution in [3.8, 4) is 5.75 Å². The molecule has 0 spiro atoms. The third-order valence-corrected chi connectivity index (χ3v) is 5.45. The number of nitrogen functional groups attached to an aromatic ring is 1. The summed E-state index contributed by atoms with van der Waals surface area (Å²) in [5, 5.41) is 6.43. The van der Waals surface area contributed by atoms with Crippen molar-refractivity contribution < 1.29 is 9.53 Å². The van der Waals surface area contributed by atoms with E-state index in [9.17, 15) is 4.79 Å². The van der Waals surface area contributed by atoms with E-state index < -0.39 is 0 Å². The second kappa shape index (κ2) is 9.74. The minimum absolute atomic E-state index is 0.102. The van der Waals surface area contributed by atoms with E-state index in [1.54, 1.807) is 20.1 Å². The van der Waals surface area contributed by atoms with E-state index in [1.165, 1.54) is 12.4 Å². The number of methoxy groups -OCH3 is 1. The Labute approximate surface area is 196 Å². The van der Waals surface area contributed by atoms with Crippen LogP contribution in [0.3, 0.4) is 0 Å². The summed E-state index contributed by atoms with van der Waals surface area (Å²) in [6, 6.07) is 7.42. The molecule has 4 rings (SSSR count). The second-order valence-electron chi connectivity index (χ2n) is 7.32. The largest absolute Gasteiger partial charge is 0.494 e. The number of nitrogens with zero attached hydrogens (tertiary/aromatic N) is 6. The normalized spacial score (nSPS) is 13.5. The van der Waals surface area contributed by atoms with Gasteiger partial charge in [0.2, 0.25) is 17.8 Å². The van der Waals surface area contributed by atoms with Crippen LogP contribution < -0.4 is 26.0 Å². The van der Waals surface area contributed by atoms with Gasteiger partial charge >= 0.3 is 0 Å². The lowest BCUT2D eigenvalue weighted by Gasteiger charge is -2.35. The van der Waals surface area contributed by atoms with Gasteiger partial charge in [0.25, 0.3) is 0 Å². The molecule has 1 aromatic carbocycles. The zero-order valence-electron chi connectivity index (χ0n) is 18.2. The number of carbonyl (C=O) groups is 1. The van der Waals surface area contributed by atoms with Gasteiger partial charge < -0.3 is 25.6 Å². The average Bonchev–Trinajstić information content (AvgIpc) is 2.81. The van der Waals surface area contributed by atoms with Crippen molar-refractivity contribution in [2.75, 3.05) is 54.6 Å². The maximum absolute atomic E-state index is 11.6. The molecule has 0 bridgehead atoms. The Balaban J connectivity index is 1.51. The number of hydrogen-bond acceptors (Lipinski definition) is 10. The van der Waals surface area contributed by atoms with Gasteiger partial charge in [-0.1, -0.05) is 11.6 Å². The number of piperazine rings is 1. The molecule has 1 aliphatic heterocycles. The highest BCUT2D eigenvalue weighted by atomic mass is 35.5.